The van der Waals surface area contributed by atoms with Crippen LogP contribution in [0.15, 0.2) is 36.4 Å². The van der Waals surface area contributed by atoms with E-state index in [-0.39, 0.29) is 12.5 Å². The first kappa shape index (κ1) is 22.2. The number of sulfonamides is 1. The van der Waals surface area contributed by atoms with Crippen LogP contribution in [0, 0.1) is 0 Å². The van der Waals surface area contributed by atoms with E-state index in [0.29, 0.717) is 41.3 Å². The molecule has 0 radical (unpaired) electrons. The van der Waals surface area contributed by atoms with Gasteiger partial charge in [-0.3, -0.25) is 18.8 Å². The number of imide groups is 1. The second-order valence-electron chi connectivity index (χ2n) is 8.50. The Labute approximate surface area is 196 Å². The van der Waals surface area contributed by atoms with Gasteiger partial charge in [-0.2, -0.15) is 0 Å². The highest BCUT2D eigenvalue weighted by atomic mass is 32.2. The van der Waals surface area contributed by atoms with E-state index in [1.54, 1.807) is 44.2 Å². The molecule has 0 aromatic heterocycles. The molecule has 5 rings (SSSR count). The molecular formula is C23H23N3O7S. The Morgan fingerprint density at radius 1 is 1.12 bits per heavy atom. The molecule has 1 unspecified atom stereocenters. The number of hydrogen-bond donors (Lipinski definition) is 1. The SMILES string of the molecule is CCS(=O)(=O)N1CCc2cc(C(=O)CN3C(=O)NC(C)(c4ccc5c(c4)OCO5)C3=O)ccc21. The van der Waals surface area contributed by atoms with Crippen molar-refractivity contribution in [3.63, 3.8) is 0 Å². The van der Waals surface area contributed by atoms with Gasteiger partial charge in [-0.05, 0) is 61.7 Å². The summed E-state index contributed by atoms with van der Waals surface area (Å²) >= 11 is 0. The maximum Gasteiger partial charge on any atom is 0.325 e. The maximum absolute atomic E-state index is 13.2. The number of hydrogen-bond acceptors (Lipinski definition) is 7. The van der Waals surface area contributed by atoms with Crippen molar-refractivity contribution in [2.75, 3.05) is 29.9 Å². The van der Waals surface area contributed by atoms with Crippen LogP contribution in [-0.4, -0.2) is 56.7 Å². The van der Waals surface area contributed by atoms with Crippen molar-refractivity contribution in [1.29, 1.82) is 0 Å². The van der Waals surface area contributed by atoms with Crippen molar-refractivity contribution in [3.8, 4) is 11.5 Å². The van der Waals surface area contributed by atoms with Gasteiger partial charge in [0.25, 0.3) is 5.91 Å². The van der Waals surface area contributed by atoms with Gasteiger partial charge in [0.1, 0.15) is 5.54 Å². The number of carbonyl (C=O) groups excluding carboxylic acids is 3. The van der Waals surface area contributed by atoms with E-state index in [0.717, 1.165) is 10.5 Å². The number of ether oxygens (including phenoxy) is 2. The molecule has 178 valence electrons. The number of fused-ring (bicyclic) bond motifs is 2. The van der Waals surface area contributed by atoms with Gasteiger partial charge in [0.2, 0.25) is 16.8 Å². The minimum Gasteiger partial charge on any atom is -0.454 e. The minimum atomic E-state index is -3.40. The van der Waals surface area contributed by atoms with Gasteiger partial charge in [0.15, 0.2) is 17.3 Å². The van der Waals surface area contributed by atoms with Crippen LogP contribution < -0.4 is 19.1 Å². The van der Waals surface area contributed by atoms with E-state index >= 15 is 0 Å². The Balaban J connectivity index is 1.35. The quantitative estimate of drug-likeness (QED) is 0.489. The highest BCUT2D eigenvalue weighted by Gasteiger charge is 2.50. The van der Waals surface area contributed by atoms with Crippen LogP contribution in [0.25, 0.3) is 0 Å². The highest BCUT2D eigenvalue weighted by molar-refractivity contribution is 7.92. The predicted octanol–water partition coefficient (Wildman–Crippen LogP) is 1.78. The van der Waals surface area contributed by atoms with E-state index in [2.05, 4.69) is 5.32 Å². The van der Waals surface area contributed by atoms with E-state index in [9.17, 15) is 22.8 Å². The lowest BCUT2D eigenvalue weighted by Gasteiger charge is -2.22. The molecule has 1 fully saturated rings. The largest absolute Gasteiger partial charge is 0.454 e. The number of Topliss-reactive ketones (excluding diaryl/α,β-unsaturated/α-hetero) is 1. The summed E-state index contributed by atoms with van der Waals surface area (Å²) in [5.74, 6) is 0.0521. The van der Waals surface area contributed by atoms with Crippen molar-refractivity contribution in [2.45, 2.75) is 25.8 Å². The zero-order chi connectivity index (χ0) is 24.3. The molecule has 1 atom stereocenters. The van der Waals surface area contributed by atoms with E-state index in [1.165, 1.54) is 10.4 Å². The first-order valence-electron chi connectivity index (χ1n) is 10.8. The average molecular weight is 486 g/mol. The Bertz CT molecular complexity index is 1340. The first-order chi connectivity index (χ1) is 16.1. The van der Waals surface area contributed by atoms with Crippen LogP contribution in [0.4, 0.5) is 10.5 Å². The topological polar surface area (TPSA) is 122 Å². The molecule has 1 saturated heterocycles. The normalized spacial score (nSPS) is 21.1. The molecule has 10 nitrogen and oxygen atoms in total. The van der Waals surface area contributed by atoms with Gasteiger partial charge >= 0.3 is 6.03 Å². The fraction of sp³-hybridized carbons (Fsp3) is 0.348. The molecule has 34 heavy (non-hydrogen) atoms. The smallest absolute Gasteiger partial charge is 0.325 e. The minimum absolute atomic E-state index is 0.0125. The van der Waals surface area contributed by atoms with E-state index in [1.807, 2.05) is 0 Å². The van der Waals surface area contributed by atoms with Gasteiger partial charge in [0, 0.05) is 12.1 Å². The Morgan fingerprint density at radius 2 is 1.88 bits per heavy atom. The Hall–Kier alpha value is -3.60. The molecule has 0 spiro atoms. The van der Waals surface area contributed by atoms with Gasteiger partial charge in [0.05, 0.1) is 18.0 Å². The molecule has 3 heterocycles. The molecule has 0 bridgehead atoms. The summed E-state index contributed by atoms with van der Waals surface area (Å²) in [6.07, 6.45) is 0.487. The molecular weight excluding hydrogens is 462 g/mol. The van der Waals surface area contributed by atoms with Crippen molar-refractivity contribution in [1.82, 2.24) is 10.2 Å². The van der Waals surface area contributed by atoms with Gasteiger partial charge in [-0.25, -0.2) is 13.2 Å². The first-order valence-corrected chi connectivity index (χ1v) is 12.5. The number of anilines is 1. The number of nitrogens with zero attached hydrogens (tertiary/aromatic N) is 2. The summed E-state index contributed by atoms with van der Waals surface area (Å²) in [6.45, 7) is 3.14. The fourth-order valence-corrected chi connectivity index (χ4v) is 5.63. The molecule has 3 aliphatic rings. The third-order valence-electron chi connectivity index (χ3n) is 6.48. The third-order valence-corrected chi connectivity index (χ3v) is 8.26. The average Bonchev–Trinajstić information content (AvgIpc) is 3.52. The Morgan fingerprint density at radius 3 is 2.65 bits per heavy atom. The van der Waals surface area contributed by atoms with Crippen LogP contribution >= 0.6 is 0 Å². The molecule has 11 heteroatoms. The number of amides is 3. The molecule has 2 aromatic rings. The standard InChI is InChI=1S/C23H23N3O7S/c1-3-34(30,31)26-9-8-14-10-15(4-6-17(14)26)18(27)12-25-21(28)23(2,24-22(25)29)16-5-7-19-20(11-16)33-13-32-19/h4-7,10-11H,3,8-9,12-13H2,1-2H3,(H,24,29). The van der Waals surface area contributed by atoms with Gasteiger partial charge < -0.3 is 14.8 Å². The monoisotopic (exact) mass is 485 g/mol. The number of rotatable bonds is 6. The predicted molar refractivity (Wildman–Crippen MR) is 121 cm³/mol. The molecule has 3 amide bonds. The van der Waals surface area contributed by atoms with Crippen LogP contribution in [0.2, 0.25) is 0 Å². The fourth-order valence-electron chi connectivity index (χ4n) is 4.47. The lowest BCUT2D eigenvalue weighted by molar-refractivity contribution is -0.130. The molecule has 3 aliphatic heterocycles. The lowest BCUT2D eigenvalue weighted by Crippen LogP contribution is -2.41. The van der Waals surface area contributed by atoms with Crippen LogP contribution in [0.3, 0.4) is 0 Å². The molecule has 2 aromatic carbocycles. The second-order valence-corrected chi connectivity index (χ2v) is 10.7. The number of nitrogens with one attached hydrogen (secondary N) is 1. The summed E-state index contributed by atoms with van der Waals surface area (Å²) in [5, 5.41) is 2.68. The maximum atomic E-state index is 13.2. The van der Waals surface area contributed by atoms with E-state index in [4.69, 9.17) is 9.47 Å². The zero-order valence-electron chi connectivity index (χ0n) is 18.7. The van der Waals surface area contributed by atoms with Gasteiger partial charge in [-0.15, -0.1) is 0 Å². The van der Waals surface area contributed by atoms with Crippen LogP contribution in [-0.2, 0) is 26.8 Å². The van der Waals surface area contributed by atoms with Crippen LogP contribution in [0.1, 0.15) is 35.3 Å². The molecule has 1 N–H and O–H groups in total. The summed E-state index contributed by atoms with van der Waals surface area (Å²) < 4.78 is 36.6. The van der Waals surface area contributed by atoms with Gasteiger partial charge in [-0.1, -0.05) is 6.07 Å². The Kier molecular flexibility index (Phi) is 5.05. The number of benzene rings is 2. The zero-order valence-corrected chi connectivity index (χ0v) is 19.5. The highest BCUT2D eigenvalue weighted by Crippen LogP contribution is 2.38. The summed E-state index contributed by atoms with van der Waals surface area (Å²) in [4.78, 5) is 39.8. The summed E-state index contributed by atoms with van der Waals surface area (Å²) in [6, 6.07) is 9.09. The van der Waals surface area contributed by atoms with Crippen molar-refractivity contribution in [2.24, 2.45) is 0 Å². The summed E-state index contributed by atoms with van der Waals surface area (Å²) in [5.41, 5.74) is 0.770. The second kappa shape index (κ2) is 7.73. The number of ketones is 1. The van der Waals surface area contributed by atoms with Crippen molar-refractivity contribution in [3.05, 3.63) is 53.1 Å². The summed E-state index contributed by atoms with van der Waals surface area (Å²) in [7, 11) is -3.40. The van der Waals surface area contributed by atoms with Crippen molar-refractivity contribution >= 4 is 33.4 Å². The van der Waals surface area contributed by atoms with E-state index < -0.39 is 39.8 Å². The third kappa shape index (κ3) is 3.38. The number of carbonyl (C=O) groups is 3. The number of urea groups is 1. The molecule has 0 saturated carbocycles. The van der Waals surface area contributed by atoms with Crippen LogP contribution in [0.5, 0.6) is 11.5 Å². The van der Waals surface area contributed by atoms with Crippen molar-refractivity contribution < 1.29 is 32.3 Å². The lowest BCUT2D eigenvalue weighted by atomic mass is 9.91. The molecule has 0 aliphatic carbocycles.